The molecule has 2 saturated carbocycles. The van der Waals surface area contributed by atoms with Crippen molar-refractivity contribution in [2.45, 2.75) is 37.9 Å². The molecule has 3 fully saturated rings. The lowest BCUT2D eigenvalue weighted by molar-refractivity contribution is -0.171. The molecule has 3 rings (SSSR count). The van der Waals surface area contributed by atoms with Crippen molar-refractivity contribution in [3.05, 3.63) is 12.2 Å². The normalized spacial score (nSPS) is 43.3. The second-order valence-electron chi connectivity index (χ2n) is 5.15. The minimum absolute atomic E-state index is 0.0239. The quantitative estimate of drug-likeness (QED) is 0.520. The second kappa shape index (κ2) is 2.87. The van der Waals surface area contributed by atoms with Crippen molar-refractivity contribution in [3.8, 4) is 0 Å². The molecule has 1 heterocycles. The Hall–Kier alpha value is -1.32. The fourth-order valence-corrected chi connectivity index (χ4v) is 3.35. The summed E-state index contributed by atoms with van der Waals surface area (Å²) in [4.78, 5) is 23.4. The number of ether oxygens (including phenoxy) is 2. The summed E-state index contributed by atoms with van der Waals surface area (Å²) >= 11 is 0. The van der Waals surface area contributed by atoms with Crippen LogP contribution in [0.25, 0.3) is 0 Å². The maximum atomic E-state index is 11.8. The van der Waals surface area contributed by atoms with Crippen LogP contribution in [-0.4, -0.2) is 23.6 Å². The molecule has 16 heavy (non-hydrogen) atoms. The first-order chi connectivity index (χ1) is 7.53. The van der Waals surface area contributed by atoms with Gasteiger partial charge in [-0.1, -0.05) is 6.58 Å². The number of hydrogen-bond acceptors (Lipinski definition) is 4. The van der Waals surface area contributed by atoms with E-state index in [1.165, 1.54) is 0 Å². The Morgan fingerprint density at radius 3 is 2.94 bits per heavy atom. The van der Waals surface area contributed by atoms with E-state index in [4.69, 9.17) is 9.47 Å². The number of rotatable bonds is 2. The van der Waals surface area contributed by atoms with Gasteiger partial charge in [0.15, 0.2) is 0 Å². The summed E-state index contributed by atoms with van der Waals surface area (Å²) in [6.45, 7) is 5.12. The van der Waals surface area contributed by atoms with E-state index in [0.717, 1.165) is 12.8 Å². The van der Waals surface area contributed by atoms with Crippen LogP contribution in [0.2, 0.25) is 0 Å². The van der Waals surface area contributed by atoms with E-state index in [0.29, 0.717) is 17.9 Å². The third kappa shape index (κ3) is 1.05. The average molecular weight is 222 g/mol. The van der Waals surface area contributed by atoms with E-state index in [1.54, 1.807) is 6.92 Å². The van der Waals surface area contributed by atoms with Crippen LogP contribution >= 0.6 is 0 Å². The van der Waals surface area contributed by atoms with Crippen molar-refractivity contribution < 1.29 is 19.1 Å². The molecular formula is C12H14O4. The molecule has 0 aromatic rings. The molecule has 2 bridgehead atoms. The van der Waals surface area contributed by atoms with Crippen LogP contribution in [-0.2, 0) is 19.1 Å². The van der Waals surface area contributed by atoms with Gasteiger partial charge < -0.3 is 9.47 Å². The lowest BCUT2D eigenvalue weighted by Gasteiger charge is -2.27. The molecule has 0 aromatic carbocycles. The van der Waals surface area contributed by atoms with Gasteiger partial charge in [-0.25, -0.2) is 9.59 Å². The van der Waals surface area contributed by atoms with Gasteiger partial charge in [0.05, 0.1) is 0 Å². The molecule has 0 N–H and O–H groups in total. The van der Waals surface area contributed by atoms with Gasteiger partial charge >= 0.3 is 11.9 Å². The van der Waals surface area contributed by atoms with Gasteiger partial charge in [0.2, 0.25) is 5.60 Å². The van der Waals surface area contributed by atoms with E-state index in [2.05, 4.69) is 6.58 Å². The van der Waals surface area contributed by atoms with E-state index in [-0.39, 0.29) is 18.0 Å². The smallest absolute Gasteiger partial charge is 0.351 e. The fourth-order valence-electron chi connectivity index (χ4n) is 3.35. The summed E-state index contributed by atoms with van der Waals surface area (Å²) in [6, 6.07) is 0. The Balaban J connectivity index is 1.90. The van der Waals surface area contributed by atoms with Crippen molar-refractivity contribution in [1.29, 1.82) is 0 Å². The Bertz CT molecular complexity index is 400. The van der Waals surface area contributed by atoms with Gasteiger partial charge in [0.25, 0.3) is 0 Å². The predicted molar refractivity (Wildman–Crippen MR) is 54.3 cm³/mol. The summed E-state index contributed by atoms with van der Waals surface area (Å²) in [5, 5.41) is 0. The van der Waals surface area contributed by atoms with E-state index >= 15 is 0 Å². The molecule has 0 aromatic heterocycles. The highest BCUT2D eigenvalue weighted by Crippen LogP contribution is 2.58. The van der Waals surface area contributed by atoms with E-state index < -0.39 is 11.6 Å². The van der Waals surface area contributed by atoms with Gasteiger partial charge in [-0.2, -0.15) is 0 Å². The summed E-state index contributed by atoms with van der Waals surface area (Å²) < 4.78 is 10.7. The maximum absolute atomic E-state index is 11.8. The predicted octanol–water partition coefficient (Wildman–Crippen LogP) is 1.20. The van der Waals surface area contributed by atoms with Crippen molar-refractivity contribution >= 4 is 11.9 Å². The van der Waals surface area contributed by atoms with Crippen LogP contribution in [0, 0.1) is 11.8 Å². The van der Waals surface area contributed by atoms with Crippen molar-refractivity contribution in [2.75, 3.05) is 0 Å². The van der Waals surface area contributed by atoms with Crippen LogP contribution in [0.3, 0.4) is 0 Å². The molecule has 3 aliphatic rings. The summed E-state index contributed by atoms with van der Waals surface area (Å²) in [6.07, 6.45) is 2.48. The zero-order valence-electron chi connectivity index (χ0n) is 9.19. The number of esters is 2. The molecule has 0 radical (unpaired) electrons. The van der Waals surface area contributed by atoms with Gasteiger partial charge in [-0.3, -0.25) is 0 Å². The Morgan fingerprint density at radius 1 is 1.56 bits per heavy atom. The Labute approximate surface area is 93.6 Å². The first-order valence-electron chi connectivity index (χ1n) is 5.63. The molecule has 86 valence electrons. The van der Waals surface area contributed by atoms with Crippen molar-refractivity contribution in [3.63, 3.8) is 0 Å². The highest BCUT2D eigenvalue weighted by atomic mass is 16.6. The molecule has 2 aliphatic carbocycles. The second-order valence-corrected chi connectivity index (χ2v) is 5.15. The molecule has 1 aliphatic heterocycles. The Kier molecular flexibility index (Phi) is 1.77. The fraction of sp³-hybridized carbons (Fsp3) is 0.667. The van der Waals surface area contributed by atoms with Gasteiger partial charge in [-0.15, -0.1) is 0 Å². The number of carbonyl (C=O) groups excluding carboxylic acids is 2. The van der Waals surface area contributed by atoms with Gasteiger partial charge in [0, 0.05) is 17.9 Å². The molecule has 4 nitrogen and oxygen atoms in total. The summed E-state index contributed by atoms with van der Waals surface area (Å²) in [5.74, 6) is -0.282. The first-order valence-corrected chi connectivity index (χ1v) is 5.63. The highest BCUT2D eigenvalue weighted by molar-refractivity contribution is 5.92. The van der Waals surface area contributed by atoms with Crippen LogP contribution in [0.15, 0.2) is 12.2 Å². The zero-order valence-corrected chi connectivity index (χ0v) is 9.19. The largest absolute Gasteiger partial charge is 0.459 e. The first kappa shape index (κ1) is 9.87. The summed E-state index contributed by atoms with van der Waals surface area (Å²) in [7, 11) is 0. The number of hydrogen-bond donors (Lipinski definition) is 0. The van der Waals surface area contributed by atoms with E-state index in [9.17, 15) is 9.59 Å². The topological polar surface area (TPSA) is 52.6 Å². The Morgan fingerprint density at radius 2 is 2.31 bits per heavy atom. The molecule has 4 heteroatoms. The van der Waals surface area contributed by atoms with Crippen molar-refractivity contribution in [2.24, 2.45) is 11.8 Å². The SMILES string of the molecule is C=C(C)C(=O)OC12CC3CC(OC1=O)C2C3. The third-order valence-corrected chi connectivity index (χ3v) is 4.02. The standard InChI is InChI=1S/C12H14O4/c1-6(2)10(13)16-12-5-7-3-8(12)9(4-7)15-11(12)14/h7-9H,1,3-5H2,2H3. The van der Waals surface area contributed by atoms with Crippen LogP contribution in [0.4, 0.5) is 0 Å². The highest BCUT2D eigenvalue weighted by Gasteiger charge is 2.69. The molecule has 4 unspecified atom stereocenters. The summed E-state index contributed by atoms with van der Waals surface area (Å²) in [5.41, 5.74) is -0.655. The molecule has 1 saturated heterocycles. The molecule has 4 atom stereocenters. The minimum Gasteiger partial charge on any atom is -0.459 e. The van der Waals surface area contributed by atoms with Crippen molar-refractivity contribution in [1.82, 2.24) is 0 Å². The van der Waals surface area contributed by atoms with Gasteiger partial charge in [0.1, 0.15) is 6.10 Å². The molecule has 0 spiro atoms. The minimum atomic E-state index is -0.983. The number of fused-ring (bicyclic) bond motifs is 1. The van der Waals surface area contributed by atoms with Crippen LogP contribution in [0.1, 0.15) is 26.2 Å². The van der Waals surface area contributed by atoms with E-state index in [1.807, 2.05) is 0 Å². The molecular weight excluding hydrogens is 208 g/mol. The maximum Gasteiger partial charge on any atom is 0.351 e. The molecule has 0 amide bonds. The van der Waals surface area contributed by atoms with Crippen LogP contribution < -0.4 is 0 Å². The number of carbonyl (C=O) groups is 2. The monoisotopic (exact) mass is 222 g/mol. The average Bonchev–Trinajstić information content (AvgIpc) is 2.76. The lowest BCUT2D eigenvalue weighted by atomic mass is 9.85. The van der Waals surface area contributed by atoms with Gasteiger partial charge in [-0.05, 0) is 25.7 Å². The third-order valence-electron chi connectivity index (χ3n) is 4.02. The van der Waals surface area contributed by atoms with Crippen LogP contribution in [0.5, 0.6) is 0 Å². The lowest BCUT2D eigenvalue weighted by Crippen LogP contribution is -2.44. The zero-order chi connectivity index (χ0) is 11.5.